The van der Waals surface area contributed by atoms with Gasteiger partial charge in [0.15, 0.2) is 16.7 Å². The third-order valence-corrected chi connectivity index (χ3v) is 6.43. The van der Waals surface area contributed by atoms with Crippen molar-refractivity contribution in [1.29, 1.82) is 0 Å². The van der Waals surface area contributed by atoms with Crippen molar-refractivity contribution in [2.45, 2.75) is 36.6 Å². The van der Waals surface area contributed by atoms with Crippen LogP contribution in [0.1, 0.15) is 42.4 Å². The monoisotopic (exact) mass is 485 g/mol. The van der Waals surface area contributed by atoms with Crippen LogP contribution in [0, 0.1) is 0 Å². The van der Waals surface area contributed by atoms with Gasteiger partial charge in [-0.15, -0.1) is 0 Å². The van der Waals surface area contributed by atoms with Crippen molar-refractivity contribution in [3.8, 4) is 11.5 Å². The van der Waals surface area contributed by atoms with Gasteiger partial charge in [0, 0.05) is 23.1 Å². The fourth-order valence-electron chi connectivity index (χ4n) is 3.71. The van der Waals surface area contributed by atoms with E-state index < -0.39 is 5.92 Å². The molecule has 0 fully saturated rings. The number of halogens is 1. The third-order valence-electron chi connectivity index (χ3n) is 5.25. The number of rotatable bonds is 8. The Morgan fingerprint density at radius 3 is 2.79 bits per heavy atom. The molecule has 0 saturated heterocycles. The number of thioether (sulfide) groups is 1. The average Bonchev–Trinajstić information content (AvgIpc) is 2.80. The second-order valence-electron chi connectivity index (χ2n) is 7.62. The fraction of sp³-hybridized carbons (Fsp3) is 0.292. The lowest BCUT2D eigenvalue weighted by molar-refractivity contribution is -0.116. The number of aromatic amines is 1. The number of anilines is 1. The van der Waals surface area contributed by atoms with E-state index in [1.807, 2.05) is 49.4 Å². The number of methoxy groups -OCH3 is 1. The van der Waals surface area contributed by atoms with Crippen molar-refractivity contribution in [3.63, 3.8) is 0 Å². The molecular formula is C24H24ClN3O4S. The molecule has 1 aromatic heterocycles. The molecule has 2 aromatic carbocycles. The summed E-state index contributed by atoms with van der Waals surface area (Å²) in [6, 6.07) is 13.0. The first-order valence-electron chi connectivity index (χ1n) is 10.6. The molecule has 1 amide bonds. The molecule has 9 heteroatoms. The van der Waals surface area contributed by atoms with Gasteiger partial charge in [-0.3, -0.25) is 9.59 Å². The molecule has 0 bridgehead atoms. The number of nitrogens with zero attached hydrogens (tertiary/aromatic N) is 1. The highest BCUT2D eigenvalue weighted by Crippen LogP contribution is 2.38. The average molecular weight is 486 g/mol. The van der Waals surface area contributed by atoms with E-state index in [0.29, 0.717) is 45.4 Å². The number of carbonyl (C=O) groups excluding carboxylic acids is 1. The zero-order valence-corrected chi connectivity index (χ0v) is 19.9. The molecule has 2 heterocycles. The van der Waals surface area contributed by atoms with Gasteiger partial charge in [0.1, 0.15) is 5.82 Å². The first-order valence-corrected chi connectivity index (χ1v) is 12.0. The summed E-state index contributed by atoms with van der Waals surface area (Å²) in [6.07, 6.45) is 1.02. The minimum absolute atomic E-state index is 0.144. The van der Waals surface area contributed by atoms with Crippen molar-refractivity contribution < 1.29 is 14.3 Å². The van der Waals surface area contributed by atoms with E-state index in [-0.39, 0.29) is 17.9 Å². The number of hydrogen-bond acceptors (Lipinski definition) is 6. The van der Waals surface area contributed by atoms with Crippen LogP contribution in [0.25, 0.3) is 0 Å². The van der Waals surface area contributed by atoms with Crippen LogP contribution >= 0.6 is 23.4 Å². The van der Waals surface area contributed by atoms with Gasteiger partial charge in [-0.1, -0.05) is 48.5 Å². The first kappa shape index (κ1) is 23.2. The van der Waals surface area contributed by atoms with Crippen LogP contribution in [-0.4, -0.2) is 29.6 Å². The lowest BCUT2D eigenvalue weighted by Crippen LogP contribution is -2.31. The summed E-state index contributed by atoms with van der Waals surface area (Å²) in [5.41, 5.74) is 1.96. The standard InChI is InChI=1S/C24H24ClN3O4S/c1-3-9-32-18-8-7-15(11-19(18)31-2)17-12-20(29)26-22-21(17)23(30)28-24(27-22)33-13-14-5-4-6-16(25)10-14/h4-8,10-11,17H,3,9,12-13H2,1-2H3,(H2,26,27,28,29,30). The highest BCUT2D eigenvalue weighted by Gasteiger charge is 2.31. The van der Waals surface area contributed by atoms with E-state index >= 15 is 0 Å². The number of fused-ring (bicyclic) bond motifs is 1. The number of carbonyl (C=O) groups is 1. The number of nitrogens with one attached hydrogen (secondary N) is 2. The Bertz CT molecular complexity index is 1230. The number of hydrogen-bond donors (Lipinski definition) is 2. The quantitative estimate of drug-likeness (QED) is 0.345. The molecule has 0 aliphatic carbocycles. The van der Waals surface area contributed by atoms with E-state index in [1.165, 1.54) is 11.8 Å². The van der Waals surface area contributed by atoms with Crippen molar-refractivity contribution in [2.75, 3.05) is 19.0 Å². The van der Waals surface area contributed by atoms with Crippen molar-refractivity contribution in [3.05, 3.63) is 74.5 Å². The minimum Gasteiger partial charge on any atom is -0.493 e. The van der Waals surface area contributed by atoms with Crippen LogP contribution in [-0.2, 0) is 10.5 Å². The van der Waals surface area contributed by atoms with Crippen molar-refractivity contribution in [2.24, 2.45) is 0 Å². The topological polar surface area (TPSA) is 93.3 Å². The van der Waals surface area contributed by atoms with Gasteiger partial charge >= 0.3 is 0 Å². The van der Waals surface area contributed by atoms with Gasteiger partial charge in [0.2, 0.25) is 5.91 Å². The van der Waals surface area contributed by atoms with Crippen LogP contribution in [0.4, 0.5) is 5.82 Å². The fourth-order valence-corrected chi connectivity index (χ4v) is 4.73. The summed E-state index contributed by atoms with van der Waals surface area (Å²) in [5, 5.41) is 3.84. The maximum Gasteiger partial charge on any atom is 0.257 e. The van der Waals surface area contributed by atoms with Crippen LogP contribution in [0.3, 0.4) is 0 Å². The maximum absolute atomic E-state index is 13.1. The maximum atomic E-state index is 13.1. The molecule has 4 rings (SSSR count). The van der Waals surface area contributed by atoms with E-state index in [9.17, 15) is 9.59 Å². The molecule has 1 atom stereocenters. The summed E-state index contributed by atoms with van der Waals surface area (Å²) in [4.78, 5) is 32.9. The molecule has 3 aromatic rings. The summed E-state index contributed by atoms with van der Waals surface area (Å²) in [5.74, 6) is 1.43. The number of H-pyrrole nitrogens is 1. The first-order chi connectivity index (χ1) is 16.0. The zero-order chi connectivity index (χ0) is 23.4. The molecule has 1 aliphatic heterocycles. The molecule has 172 valence electrons. The Morgan fingerprint density at radius 2 is 2.03 bits per heavy atom. The van der Waals surface area contributed by atoms with Gasteiger partial charge < -0.3 is 19.8 Å². The van der Waals surface area contributed by atoms with Crippen LogP contribution < -0.4 is 20.3 Å². The lowest BCUT2D eigenvalue weighted by Gasteiger charge is -2.25. The number of amides is 1. The molecule has 0 spiro atoms. The number of aromatic nitrogens is 2. The smallest absolute Gasteiger partial charge is 0.257 e. The second-order valence-corrected chi connectivity index (χ2v) is 9.02. The van der Waals surface area contributed by atoms with Crippen LogP contribution in [0.5, 0.6) is 11.5 Å². The van der Waals surface area contributed by atoms with E-state index in [4.69, 9.17) is 21.1 Å². The second kappa shape index (κ2) is 10.3. The number of benzene rings is 2. The molecule has 0 saturated carbocycles. The SMILES string of the molecule is CCCOc1ccc(C2CC(=O)Nc3nc(SCc4cccc(Cl)c4)[nH]c(=O)c32)cc1OC. The predicted molar refractivity (Wildman–Crippen MR) is 130 cm³/mol. The summed E-state index contributed by atoms with van der Waals surface area (Å²) < 4.78 is 11.2. The Balaban J connectivity index is 1.63. The van der Waals surface area contributed by atoms with Crippen molar-refractivity contribution in [1.82, 2.24) is 9.97 Å². The highest BCUT2D eigenvalue weighted by atomic mass is 35.5. The Hall–Kier alpha value is -2.97. The zero-order valence-electron chi connectivity index (χ0n) is 18.3. The van der Waals surface area contributed by atoms with Gasteiger partial charge in [-0.05, 0) is 41.8 Å². The molecule has 33 heavy (non-hydrogen) atoms. The molecule has 2 N–H and O–H groups in total. The van der Waals surface area contributed by atoms with E-state index in [2.05, 4.69) is 15.3 Å². The highest BCUT2D eigenvalue weighted by molar-refractivity contribution is 7.98. The Morgan fingerprint density at radius 1 is 1.18 bits per heavy atom. The summed E-state index contributed by atoms with van der Waals surface area (Å²) in [6.45, 7) is 2.60. The molecule has 1 aliphatic rings. The molecular weight excluding hydrogens is 462 g/mol. The van der Waals surface area contributed by atoms with E-state index in [1.54, 1.807) is 7.11 Å². The largest absolute Gasteiger partial charge is 0.493 e. The Labute approximate surface area is 200 Å². The summed E-state index contributed by atoms with van der Waals surface area (Å²) >= 11 is 7.42. The normalized spacial score (nSPS) is 15.0. The summed E-state index contributed by atoms with van der Waals surface area (Å²) in [7, 11) is 1.57. The predicted octanol–water partition coefficient (Wildman–Crippen LogP) is 4.99. The van der Waals surface area contributed by atoms with Gasteiger partial charge in [-0.25, -0.2) is 4.98 Å². The number of ether oxygens (including phenoxy) is 2. The van der Waals surface area contributed by atoms with Gasteiger partial charge in [0.25, 0.3) is 5.56 Å². The minimum atomic E-state index is -0.439. The van der Waals surface area contributed by atoms with Gasteiger partial charge in [-0.2, -0.15) is 0 Å². The Kier molecular flexibility index (Phi) is 7.25. The lowest BCUT2D eigenvalue weighted by atomic mass is 9.86. The van der Waals surface area contributed by atoms with Crippen LogP contribution in [0.15, 0.2) is 52.4 Å². The van der Waals surface area contributed by atoms with Gasteiger partial charge in [0.05, 0.1) is 19.3 Å². The van der Waals surface area contributed by atoms with E-state index in [0.717, 1.165) is 17.5 Å². The molecule has 0 radical (unpaired) electrons. The van der Waals surface area contributed by atoms with Crippen LogP contribution in [0.2, 0.25) is 5.02 Å². The molecule has 7 nitrogen and oxygen atoms in total. The van der Waals surface area contributed by atoms with Crippen molar-refractivity contribution >= 4 is 35.1 Å². The molecule has 1 unspecified atom stereocenters. The third kappa shape index (κ3) is 5.34.